The van der Waals surface area contributed by atoms with Crippen LogP contribution in [0.5, 0.6) is 5.75 Å². The lowest BCUT2D eigenvalue weighted by molar-refractivity contribution is -0.147. The number of pyridine rings is 1. The van der Waals surface area contributed by atoms with Gasteiger partial charge in [-0.15, -0.1) is 0 Å². The van der Waals surface area contributed by atoms with Crippen molar-refractivity contribution in [3.63, 3.8) is 0 Å². The van der Waals surface area contributed by atoms with E-state index in [1.807, 2.05) is 19.1 Å². The van der Waals surface area contributed by atoms with Gasteiger partial charge in [-0.1, -0.05) is 12.8 Å². The number of nitrogens with one attached hydrogen (secondary N) is 1. The zero-order valence-electron chi connectivity index (χ0n) is 19.5. The first-order valence-electron chi connectivity index (χ1n) is 11.2. The molecule has 1 saturated carbocycles. The second-order valence-electron chi connectivity index (χ2n) is 8.75. The zero-order chi connectivity index (χ0) is 25.5. The third-order valence-electron chi connectivity index (χ3n) is 6.43. The summed E-state index contributed by atoms with van der Waals surface area (Å²) in [6.45, 7) is 2.65. The van der Waals surface area contributed by atoms with Gasteiger partial charge in [0.25, 0.3) is 0 Å². The molecule has 0 aliphatic heterocycles. The Kier molecular flexibility index (Phi) is 6.55. The lowest BCUT2D eigenvalue weighted by Crippen LogP contribution is -2.42. The Morgan fingerprint density at radius 1 is 1.26 bits per heavy atom. The number of hydrogen-bond acceptors (Lipinski definition) is 5. The molecule has 1 aliphatic rings. The number of halogens is 3. The molecule has 0 amide bonds. The zero-order valence-corrected chi connectivity index (χ0v) is 20.3. The highest BCUT2D eigenvalue weighted by Gasteiger charge is 2.39. The average Bonchev–Trinajstić information content (AvgIpc) is 3.43. The second-order valence-corrected chi connectivity index (χ2v) is 10.5. The van der Waals surface area contributed by atoms with Gasteiger partial charge >= 0.3 is 6.18 Å². The molecule has 2 aromatic heterocycles. The smallest absolute Gasteiger partial charge is 0.404 e. The summed E-state index contributed by atoms with van der Waals surface area (Å²) >= 11 is 0. The van der Waals surface area contributed by atoms with Gasteiger partial charge in [0.15, 0.2) is 0 Å². The number of alkyl halides is 3. The first-order chi connectivity index (χ1) is 16.5. The molecule has 1 fully saturated rings. The third-order valence-corrected chi connectivity index (χ3v) is 7.96. The van der Waals surface area contributed by atoms with Crippen molar-refractivity contribution in [2.45, 2.75) is 62.7 Å². The minimum atomic E-state index is -4.72. The van der Waals surface area contributed by atoms with E-state index in [0.29, 0.717) is 28.1 Å². The van der Waals surface area contributed by atoms with Gasteiger partial charge in [0.1, 0.15) is 22.8 Å². The SMILES string of the molecule is COc1cc2c(C#N)c(-c3ccc(S(=O)(=O)N[C@H](C)C(F)(F)F)cn3)n(C3CCCC3)c2cc1C. The molecule has 1 aliphatic carbocycles. The normalized spacial score (nSPS) is 15.9. The van der Waals surface area contributed by atoms with Crippen LogP contribution in [0.3, 0.4) is 0 Å². The first-order valence-corrected chi connectivity index (χ1v) is 12.6. The molecule has 3 aromatic rings. The Balaban J connectivity index is 1.85. The Morgan fingerprint density at radius 2 is 1.94 bits per heavy atom. The van der Waals surface area contributed by atoms with Gasteiger partial charge in [-0.3, -0.25) is 4.98 Å². The number of methoxy groups -OCH3 is 1. The van der Waals surface area contributed by atoms with Crippen LogP contribution < -0.4 is 9.46 Å². The van der Waals surface area contributed by atoms with Crippen LogP contribution in [0, 0.1) is 18.3 Å². The maximum absolute atomic E-state index is 12.9. The molecule has 0 bridgehead atoms. The summed E-state index contributed by atoms with van der Waals surface area (Å²) in [5.74, 6) is 0.642. The van der Waals surface area contributed by atoms with Gasteiger partial charge < -0.3 is 9.30 Å². The molecule has 7 nitrogen and oxygen atoms in total. The van der Waals surface area contributed by atoms with E-state index in [9.17, 15) is 26.9 Å². The van der Waals surface area contributed by atoms with E-state index >= 15 is 0 Å². The van der Waals surface area contributed by atoms with Crippen molar-refractivity contribution >= 4 is 20.9 Å². The van der Waals surface area contributed by atoms with Crippen LogP contribution in [0.2, 0.25) is 0 Å². The molecule has 2 heterocycles. The highest BCUT2D eigenvalue weighted by molar-refractivity contribution is 7.89. The Bertz CT molecular complexity index is 1400. The number of sulfonamides is 1. The predicted octanol–water partition coefficient (Wildman–Crippen LogP) is 5.24. The summed E-state index contributed by atoms with van der Waals surface area (Å²) in [7, 11) is -2.88. The minimum Gasteiger partial charge on any atom is -0.496 e. The molecule has 186 valence electrons. The van der Waals surface area contributed by atoms with Crippen LogP contribution in [0.25, 0.3) is 22.3 Å². The number of ether oxygens (including phenoxy) is 1. The van der Waals surface area contributed by atoms with Gasteiger partial charge in [0.05, 0.1) is 29.6 Å². The second kappa shape index (κ2) is 9.17. The largest absolute Gasteiger partial charge is 0.496 e. The maximum Gasteiger partial charge on any atom is 0.404 e. The monoisotopic (exact) mass is 506 g/mol. The summed E-state index contributed by atoms with van der Waals surface area (Å²) in [4.78, 5) is 3.89. The number of rotatable bonds is 6. The van der Waals surface area contributed by atoms with E-state index in [1.165, 1.54) is 12.1 Å². The van der Waals surface area contributed by atoms with Crippen molar-refractivity contribution in [2.24, 2.45) is 0 Å². The first kappa shape index (κ1) is 25.0. The number of aromatic nitrogens is 2. The lowest BCUT2D eigenvalue weighted by Gasteiger charge is -2.19. The molecule has 0 saturated heterocycles. The van der Waals surface area contributed by atoms with Crippen molar-refractivity contribution in [2.75, 3.05) is 7.11 Å². The molecule has 1 atom stereocenters. The molecule has 11 heteroatoms. The Labute approximate surface area is 201 Å². The van der Waals surface area contributed by atoms with Crippen LogP contribution in [0.15, 0.2) is 35.4 Å². The van der Waals surface area contributed by atoms with Gasteiger partial charge in [0.2, 0.25) is 10.0 Å². The van der Waals surface area contributed by atoms with Crippen LogP contribution in [0.1, 0.15) is 49.8 Å². The lowest BCUT2D eigenvalue weighted by atomic mass is 10.1. The van der Waals surface area contributed by atoms with Crippen LogP contribution in [-0.4, -0.2) is 37.3 Å². The van der Waals surface area contributed by atoms with Crippen molar-refractivity contribution in [3.8, 4) is 23.2 Å². The fraction of sp³-hybridized carbons (Fsp3) is 0.417. The number of hydrogen-bond donors (Lipinski definition) is 1. The average molecular weight is 507 g/mol. The molecule has 1 N–H and O–H groups in total. The predicted molar refractivity (Wildman–Crippen MR) is 125 cm³/mol. The molecule has 0 spiro atoms. The maximum atomic E-state index is 12.9. The van der Waals surface area contributed by atoms with Crippen molar-refractivity contribution in [3.05, 3.63) is 41.6 Å². The summed E-state index contributed by atoms with van der Waals surface area (Å²) < 4.78 is 72.7. The topological polar surface area (TPSA) is 97.0 Å². The van der Waals surface area contributed by atoms with Gasteiger partial charge in [-0.05, 0) is 56.5 Å². The van der Waals surface area contributed by atoms with Crippen LogP contribution in [0.4, 0.5) is 13.2 Å². The summed E-state index contributed by atoms with van der Waals surface area (Å²) in [5.41, 5.74) is 3.08. The Hall–Kier alpha value is -3.10. The number of benzene rings is 1. The van der Waals surface area contributed by atoms with Crippen LogP contribution in [-0.2, 0) is 10.0 Å². The quantitative estimate of drug-likeness (QED) is 0.493. The van der Waals surface area contributed by atoms with Gasteiger partial charge in [-0.2, -0.15) is 23.2 Å². The Morgan fingerprint density at radius 3 is 2.49 bits per heavy atom. The highest BCUT2D eigenvalue weighted by atomic mass is 32.2. The van der Waals surface area contributed by atoms with E-state index in [2.05, 4.69) is 15.6 Å². The van der Waals surface area contributed by atoms with E-state index in [1.54, 1.807) is 11.8 Å². The van der Waals surface area contributed by atoms with E-state index < -0.39 is 27.1 Å². The summed E-state index contributed by atoms with van der Waals surface area (Å²) in [5, 5.41) is 10.8. The number of nitriles is 1. The fourth-order valence-corrected chi connectivity index (χ4v) is 5.79. The van der Waals surface area contributed by atoms with Crippen molar-refractivity contribution in [1.82, 2.24) is 14.3 Å². The van der Waals surface area contributed by atoms with E-state index in [-0.39, 0.29) is 6.04 Å². The minimum absolute atomic E-state index is 0.141. The molecular weight excluding hydrogens is 481 g/mol. The fourth-order valence-electron chi connectivity index (χ4n) is 4.61. The molecule has 1 aromatic carbocycles. The summed E-state index contributed by atoms with van der Waals surface area (Å²) in [6.07, 6.45) is 0.258. The third kappa shape index (κ3) is 4.60. The summed E-state index contributed by atoms with van der Waals surface area (Å²) in [6, 6.07) is 6.58. The number of fused-ring (bicyclic) bond motifs is 1. The molecule has 35 heavy (non-hydrogen) atoms. The molecule has 4 rings (SSSR count). The molecule has 0 unspecified atom stereocenters. The molecular formula is C24H25F3N4O3S. The number of aryl methyl sites for hydroxylation is 1. The van der Waals surface area contributed by atoms with Gasteiger partial charge in [-0.25, -0.2) is 8.42 Å². The van der Waals surface area contributed by atoms with Gasteiger partial charge in [0, 0.05) is 17.6 Å². The van der Waals surface area contributed by atoms with E-state index in [4.69, 9.17) is 4.74 Å². The van der Waals surface area contributed by atoms with E-state index in [0.717, 1.165) is 49.9 Å². The highest BCUT2D eigenvalue weighted by Crippen LogP contribution is 2.42. The van der Waals surface area contributed by atoms with Crippen molar-refractivity contribution in [1.29, 1.82) is 5.26 Å². The standard InChI is InChI=1S/C24H25F3N4O3S/c1-14-10-21-18(11-22(14)34-3)19(12-28)23(31(21)16-6-4-5-7-16)20-9-8-17(13-29-20)35(32,33)30-15(2)24(25,26)27/h8-11,13,15-16,30H,4-7H2,1-3H3/t15-/m1/s1. The molecule has 0 radical (unpaired) electrons. The number of nitrogens with zero attached hydrogens (tertiary/aromatic N) is 3. The van der Waals surface area contributed by atoms with Crippen LogP contribution >= 0.6 is 0 Å². The van der Waals surface area contributed by atoms with Crippen molar-refractivity contribution < 1.29 is 26.3 Å².